The molecule has 0 spiro atoms. The number of nitriles is 1. The van der Waals surface area contributed by atoms with Crippen LogP contribution in [0, 0.1) is 21.4 Å². The fraction of sp³-hybridized carbons (Fsp3) is 0.133. The topological polar surface area (TPSA) is 70.2 Å². The molecular formula is C15H12ClN3O2. The maximum Gasteiger partial charge on any atom is 0.288 e. The van der Waals surface area contributed by atoms with Crippen molar-refractivity contribution in [2.45, 2.75) is 6.54 Å². The molecule has 0 amide bonds. The quantitative estimate of drug-likeness (QED) is 0.637. The van der Waals surface area contributed by atoms with E-state index in [4.69, 9.17) is 16.9 Å². The molecule has 0 unspecified atom stereocenters. The highest BCUT2D eigenvalue weighted by Gasteiger charge is 2.14. The summed E-state index contributed by atoms with van der Waals surface area (Å²) in [4.78, 5) is 12.3. The van der Waals surface area contributed by atoms with Crippen molar-refractivity contribution < 1.29 is 4.92 Å². The summed E-state index contributed by atoms with van der Waals surface area (Å²) in [6.07, 6.45) is 0. The van der Waals surface area contributed by atoms with E-state index >= 15 is 0 Å². The summed E-state index contributed by atoms with van der Waals surface area (Å²) in [6, 6.07) is 14.0. The zero-order valence-corrected chi connectivity index (χ0v) is 12.0. The Labute approximate surface area is 127 Å². The molecule has 0 N–H and O–H groups in total. The fourth-order valence-corrected chi connectivity index (χ4v) is 2.24. The van der Waals surface area contributed by atoms with E-state index in [-0.39, 0.29) is 10.7 Å². The molecule has 0 atom stereocenters. The van der Waals surface area contributed by atoms with Crippen molar-refractivity contribution in [1.82, 2.24) is 0 Å². The van der Waals surface area contributed by atoms with Gasteiger partial charge in [0.05, 0.1) is 16.2 Å². The van der Waals surface area contributed by atoms with Crippen LogP contribution in [0.5, 0.6) is 0 Å². The Balaban J connectivity index is 2.28. The van der Waals surface area contributed by atoms with Crippen LogP contribution in [0.4, 0.5) is 11.4 Å². The van der Waals surface area contributed by atoms with E-state index in [0.29, 0.717) is 12.1 Å². The molecule has 6 heteroatoms. The van der Waals surface area contributed by atoms with Gasteiger partial charge in [-0.2, -0.15) is 5.26 Å². The van der Waals surface area contributed by atoms with Gasteiger partial charge >= 0.3 is 0 Å². The summed E-state index contributed by atoms with van der Waals surface area (Å²) in [5.41, 5.74) is 1.97. The lowest BCUT2D eigenvalue weighted by molar-refractivity contribution is -0.384. The number of nitro groups is 1. The van der Waals surface area contributed by atoms with Crippen molar-refractivity contribution in [3.05, 3.63) is 68.7 Å². The molecule has 0 aromatic heterocycles. The van der Waals surface area contributed by atoms with Gasteiger partial charge in [-0.15, -0.1) is 0 Å². The van der Waals surface area contributed by atoms with Crippen molar-refractivity contribution in [3.63, 3.8) is 0 Å². The maximum absolute atomic E-state index is 10.9. The minimum absolute atomic E-state index is 0.115. The van der Waals surface area contributed by atoms with Crippen LogP contribution >= 0.6 is 11.6 Å². The first kappa shape index (κ1) is 14.8. The first-order chi connectivity index (χ1) is 10.0. The zero-order chi connectivity index (χ0) is 15.4. The second-order valence-corrected chi connectivity index (χ2v) is 4.94. The molecule has 0 aliphatic carbocycles. The second kappa shape index (κ2) is 6.25. The average Bonchev–Trinajstić information content (AvgIpc) is 2.48. The van der Waals surface area contributed by atoms with Crippen LogP contribution in [0.25, 0.3) is 0 Å². The van der Waals surface area contributed by atoms with Gasteiger partial charge in [0.25, 0.3) is 5.69 Å². The molecule has 2 aromatic rings. The summed E-state index contributed by atoms with van der Waals surface area (Å²) >= 11 is 5.79. The maximum atomic E-state index is 10.9. The smallest absolute Gasteiger partial charge is 0.288 e. The number of para-hydroxylation sites is 1. The van der Waals surface area contributed by atoms with Crippen molar-refractivity contribution in [2.24, 2.45) is 0 Å². The van der Waals surface area contributed by atoms with Crippen molar-refractivity contribution in [2.75, 3.05) is 11.9 Å². The Morgan fingerprint density at radius 2 is 2.05 bits per heavy atom. The number of halogens is 1. The number of rotatable bonds is 4. The highest BCUT2D eigenvalue weighted by Crippen LogP contribution is 2.27. The second-order valence-electron chi connectivity index (χ2n) is 4.53. The Kier molecular flexibility index (Phi) is 4.41. The Bertz CT molecular complexity index is 725. The molecule has 2 aromatic carbocycles. The van der Waals surface area contributed by atoms with Gasteiger partial charge in [0, 0.05) is 19.7 Å². The van der Waals surface area contributed by atoms with Crippen LogP contribution in [0.2, 0.25) is 5.02 Å². The standard InChI is InChI=1S/C15H12ClN3O2/c1-18(14-5-3-2-4-12(14)9-17)10-11-6-7-13(16)15(8-11)19(20)21/h2-8H,10H2,1H3. The highest BCUT2D eigenvalue weighted by atomic mass is 35.5. The largest absolute Gasteiger partial charge is 0.369 e. The number of benzene rings is 2. The van der Waals surface area contributed by atoms with Crippen molar-refractivity contribution >= 4 is 23.0 Å². The number of anilines is 1. The lowest BCUT2D eigenvalue weighted by Crippen LogP contribution is -2.17. The molecule has 0 heterocycles. The normalized spacial score (nSPS) is 9.95. The van der Waals surface area contributed by atoms with Gasteiger partial charge in [-0.05, 0) is 23.8 Å². The van der Waals surface area contributed by atoms with Crippen LogP contribution in [0.3, 0.4) is 0 Å². The van der Waals surface area contributed by atoms with Gasteiger partial charge in [-0.3, -0.25) is 10.1 Å². The molecule has 0 fully saturated rings. The molecule has 0 aliphatic heterocycles. The van der Waals surface area contributed by atoms with Crippen LogP contribution in [0.15, 0.2) is 42.5 Å². The van der Waals surface area contributed by atoms with E-state index in [1.807, 2.05) is 24.1 Å². The van der Waals surface area contributed by atoms with Gasteiger partial charge in [-0.25, -0.2) is 0 Å². The van der Waals surface area contributed by atoms with Gasteiger partial charge in [0.1, 0.15) is 11.1 Å². The number of nitrogens with zero attached hydrogens (tertiary/aromatic N) is 3. The molecular weight excluding hydrogens is 290 g/mol. The van der Waals surface area contributed by atoms with Gasteiger partial charge in [0.2, 0.25) is 0 Å². The summed E-state index contributed by atoms with van der Waals surface area (Å²) in [5, 5.41) is 20.1. The average molecular weight is 302 g/mol. The summed E-state index contributed by atoms with van der Waals surface area (Å²) in [6.45, 7) is 0.441. The number of hydrogen-bond donors (Lipinski definition) is 0. The number of hydrogen-bond acceptors (Lipinski definition) is 4. The SMILES string of the molecule is CN(Cc1ccc(Cl)c([N+](=O)[O-])c1)c1ccccc1C#N. The van der Waals surface area contributed by atoms with Gasteiger partial charge in [-0.1, -0.05) is 29.8 Å². The van der Waals surface area contributed by atoms with Crippen LogP contribution in [-0.2, 0) is 6.54 Å². The van der Waals surface area contributed by atoms with E-state index in [0.717, 1.165) is 11.3 Å². The van der Waals surface area contributed by atoms with Crippen LogP contribution in [0.1, 0.15) is 11.1 Å². The molecule has 5 nitrogen and oxygen atoms in total. The summed E-state index contributed by atoms with van der Waals surface area (Å²) in [7, 11) is 1.83. The third-order valence-corrected chi connectivity index (χ3v) is 3.38. The van der Waals surface area contributed by atoms with Gasteiger partial charge in [0.15, 0.2) is 0 Å². The Hall–Kier alpha value is -2.58. The summed E-state index contributed by atoms with van der Waals surface area (Å²) in [5.74, 6) is 0. The van der Waals surface area contributed by atoms with E-state index in [9.17, 15) is 10.1 Å². The monoisotopic (exact) mass is 301 g/mol. The predicted molar refractivity (Wildman–Crippen MR) is 81.4 cm³/mol. The first-order valence-electron chi connectivity index (χ1n) is 6.16. The molecule has 2 rings (SSSR count). The molecule has 0 saturated heterocycles. The van der Waals surface area contributed by atoms with E-state index in [1.54, 1.807) is 18.2 Å². The molecule has 0 aliphatic rings. The van der Waals surface area contributed by atoms with Crippen LogP contribution < -0.4 is 4.90 Å². The van der Waals surface area contributed by atoms with Gasteiger partial charge < -0.3 is 4.90 Å². The predicted octanol–water partition coefficient (Wildman–Crippen LogP) is 3.76. The minimum atomic E-state index is -0.505. The summed E-state index contributed by atoms with van der Waals surface area (Å²) < 4.78 is 0. The molecule has 0 radical (unpaired) electrons. The Morgan fingerprint density at radius 3 is 2.71 bits per heavy atom. The van der Waals surface area contributed by atoms with Crippen molar-refractivity contribution in [1.29, 1.82) is 5.26 Å². The third kappa shape index (κ3) is 3.30. The highest BCUT2D eigenvalue weighted by molar-refractivity contribution is 6.32. The molecule has 0 bridgehead atoms. The fourth-order valence-electron chi connectivity index (χ4n) is 2.06. The molecule has 21 heavy (non-hydrogen) atoms. The number of nitro benzene ring substituents is 1. The third-order valence-electron chi connectivity index (χ3n) is 3.06. The van der Waals surface area contributed by atoms with E-state index < -0.39 is 4.92 Å². The van der Waals surface area contributed by atoms with E-state index in [1.165, 1.54) is 12.1 Å². The minimum Gasteiger partial charge on any atom is -0.369 e. The zero-order valence-electron chi connectivity index (χ0n) is 11.3. The van der Waals surface area contributed by atoms with Crippen LogP contribution in [-0.4, -0.2) is 12.0 Å². The lowest BCUT2D eigenvalue weighted by atomic mass is 10.1. The molecule has 106 valence electrons. The first-order valence-corrected chi connectivity index (χ1v) is 6.54. The molecule has 0 saturated carbocycles. The lowest BCUT2D eigenvalue weighted by Gasteiger charge is -2.20. The van der Waals surface area contributed by atoms with Crippen molar-refractivity contribution in [3.8, 4) is 6.07 Å². The van der Waals surface area contributed by atoms with E-state index in [2.05, 4.69) is 6.07 Å². The Morgan fingerprint density at radius 1 is 1.33 bits per heavy atom.